The molecule has 0 aliphatic rings. The number of rotatable bonds is 6. The number of hydrogen-bond acceptors (Lipinski definition) is 4. The fourth-order valence-electron chi connectivity index (χ4n) is 1.61. The minimum absolute atomic E-state index is 0.452. The number of nitrogens with one attached hydrogen (secondary N) is 1. The number of ether oxygens (including phenoxy) is 3. The van der Waals surface area contributed by atoms with Crippen LogP contribution in [-0.4, -0.2) is 33.9 Å². The lowest BCUT2D eigenvalue weighted by Gasteiger charge is -2.14. The lowest BCUT2D eigenvalue weighted by Crippen LogP contribution is -2.30. The van der Waals surface area contributed by atoms with Crippen molar-refractivity contribution in [2.24, 2.45) is 5.73 Å². The molecule has 1 aromatic rings. The number of urea groups is 1. The maximum atomic E-state index is 10.6. The number of nitrogens with two attached hydrogens (primary N) is 1. The molecule has 1 aromatic carbocycles. The van der Waals surface area contributed by atoms with Gasteiger partial charge >= 0.3 is 6.03 Å². The SMILES string of the molecule is COc1cc(CCNC(N)=O)cc(OC)c1OC. The van der Waals surface area contributed by atoms with Gasteiger partial charge < -0.3 is 25.3 Å². The van der Waals surface area contributed by atoms with E-state index in [4.69, 9.17) is 19.9 Å². The average Bonchev–Trinajstić information content (AvgIpc) is 2.36. The Hall–Kier alpha value is -2.11. The highest BCUT2D eigenvalue weighted by Gasteiger charge is 2.12. The summed E-state index contributed by atoms with van der Waals surface area (Å²) >= 11 is 0. The quantitative estimate of drug-likeness (QED) is 0.791. The van der Waals surface area contributed by atoms with Crippen LogP contribution in [0.2, 0.25) is 0 Å². The third-order valence-corrected chi connectivity index (χ3v) is 2.44. The van der Waals surface area contributed by atoms with Crippen molar-refractivity contribution in [2.75, 3.05) is 27.9 Å². The fourth-order valence-corrected chi connectivity index (χ4v) is 1.61. The monoisotopic (exact) mass is 254 g/mol. The molecular weight excluding hydrogens is 236 g/mol. The van der Waals surface area contributed by atoms with E-state index in [0.717, 1.165) is 5.56 Å². The largest absolute Gasteiger partial charge is 0.493 e. The molecule has 0 atom stereocenters. The first-order valence-electron chi connectivity index (χ1n) is 5.44. The predicted octanol–water partition coefficient (Wildman–Crippen LogP) is 0.923. The Labute approximate surface area is 106 Å². The van der Waals surface area contributed by atoms with Crippen LogP contribution in [0.25, 0.3) is 0 Å². The molecule has 0 spiro atoms. The zero-order valence-corrected chi connectivity index (χ0v) is 10.8. The molecule has 0 unspecified atom stereocenters. The van der Waals surface area contributed by atoms with Crippen LogP contribution in [-0.2, 0) is 6.42 Å². The highest BCUT2D eigenvalue weighted by Crippen LogP contribution is 2.38. The summed E-state index contributed by atoms with van der Waals surface area (Å²) in [6, 6.07) is 3.14. The van der Waals surface area contributed by atoms with Crippen molar-refractivity contribution >= 4 is 6.03 Å². The van der Waals surface area contributed by atoms with Crippen LogP contribution in [0.5, 0.6) is 17.2 Å². The van der Waals surface area contributed by atoms with Crippen LogP contribution in [0, 0.1) is 0 Å². The molecule has 2 amide bonds. The highest BCUT2D eigenvalue weighted by molar-refractivity contribution is 5.71. The van der Waals surface area contributed by atoms with E-state index >= 15 is 0 Å². The van der Waals surface area contributed by atoms with Crippen molar-refractivity contribution < 1.29 is 19.0 Å². The smallest absolute Gasteiger partial charge is 0.312 e. The summed E-state index contributed by atoms with van der Waals surface area (Å²) in [4.78, 5) is 10.6. The minimum Gasteiger partial charge on any atom is -0.493 e. The van der Waals surface area contributed by atoms with Crippen molar-refractivity contribution in [2.45, 2.75) is 6.42 Å². The first kappa shape index (κ1) is 14.0. The fraction of sp³-hybridized carbons (Fsp3) is 0.417. The van der Waals surface area contributed by atoms with Crippen LogP contribution in [0.3, 0.4) is 0 Å². The van der Waals surface area contributed by atoms with Gasteiger partial charge in [-0.15, -0.1) is 0 Å². The summed E-state index contributed by atoms with van der Waals surface area (Å²) in [5, 5.41) is 2.52. The second kappa shape index (κ2) is 6.58. The van der Waals surface area contributed by atoms with Crippen LogP contribution in [0.15, 0.2) is 12.1 Å². The Morgan fingerprint density at radius 3 is 2.11 bits per heavy atom. The van der Waals surface area contributed by atoms with E-state index in [1.54, 1.807) is 21.3 Å². The van der Waals surface area contributed by atoms with Gasteiger partial charge in [-0.3, -0.25) is 0 Å². The molecule has 0 radical (unpaired) electrons. The molecular formula is C12H18N2O4. The van der Waals surface area contributed by atoms with E-state index in [1.807, 2.05) is 12.1 Å². The molecule has 0 fully saturated rings. The van der Waals surface area contributed by atoms with Gasteiger partial charge in [-0.2, -0.15) is 0 Å². The first-order chi connectivity index (χ1) is 8.62. The highest BCUT2D eigenvalue weighted by atomic mass is 16.5. The van der Waals surface area contributed by atoms with E-state index in [0.29, 0.717) is 30.2 Å². The normalized spacial score (nSPS) is 9.72. The molecule has 0 saturated carbocycles. The van der Waals surface area contributed by atoms with Gasteiger partial charge in [0.25, 0.3) is 0 Å². The van der Waals surface area contributed by atoms with Crippen molar-refractivity contribution in [3.8, 4) is 17.2 Å². The topological polar surface area (TPSA) is 82.8 Å². The van der Waals surface area contributed by atoms with Crippen LogP contribution < -0.4 is 25.3 Å². The first-order valence-corrected chi connectivity index (χ1v) is 5.44. The minimum atomic E-state index is -0.539. The summed E-state index contributed by atoms with van der Waals surface area (Å²) < 4.78 is 15.7. The van der Waals surface area contributed by atoms with E-state index < -0.39 is 6.03 Å². The van der Waals surface area contributed by atoms with Gasteiger partial charge in [-0.05, 0) is 24.1 Å². The lowest BCUT2D eigenvalue weighted by atomic mass is 10.1. The lowest BCUT2D eigenvalue weighted by molar-refractivity contribution is 0.249. The van der Waals surface area contributed by atoms with Gasteiger partial charge in [0.2, 0.25) is 5.75 Å². The second-order valence-corrected chi connectivity index (χ2v) is 3.57. The molecule has 0 saturated heterocycles. The van der Waals surface area contributed by atoms with E-state index in [9.17, 15) is 4.79 Å². The summed E-state index contributed by atoms with van der Waals surface area (Å²) in [5.74, 6) is 1.73. The zero-order chi connectivity index (χ0) is 13.5. The molecule has 0 bridgehead atoms. The number of methoxy groups -OCH3 is 3. The number of benzene rings is 1. The maximum absolute atomic E-state index is 10.6. The van der Waals surface area contributed by atoms with E-state index in [-0.39, 0.29) is 0 Å². The molecule has 1 rings (SSSR count). The van der Waals surface area contributed by atoms with Gasteiger partial charge in [0, 0.05) is 6.54 Å². The van der Waals surface area contributed by atoms with Crippen molar-refractivity contribution in [1.29, 1.82) is 0 Å². The summed E-state index contributed by atoms with van der Waals surface area (Å²) in [7, 11) is 4.67. The van der Waals surface area contributed by atoms with E-state index in [2.05, 4.69) is 5.32 Å². The van der Waals surface area contributed by atoms with Crippen molar-refractivity contribution in [1.82, 2.24) is 5.32 Å². The van der Waals surface area contributed by atoms with Gasteiger partial charge in [0.15, 0.2) is 11.5 Å². The van der Waals surface area contributed by atoms with Crippen molar-refractivity contribution in [3.05, 3.63) is 17.7 Å². The Bertz CT molecular complexity index is 396. The third kappa shape index (κ3) is 3.44. The average molecular weight is 254 g/mol. The third-order valence-electron chi connectivity index (χ3n) is 2.44. The molecule has 18 heavy (non-hydrogen) atoms. The van der Waals surface area contributed by atoms with Gasteiger partial charge in [-0.1, -0.05) is 0 Å². The molecule has 6 nitrogen and oxygen atoms in total. The van der Waals surface area contributed by atoms with Crippen LogP contribution in [0.4, 0.5) is 4.79 Å². The molecule has 6 heteroatoms. The number of hydrogen-bond donors (Lipinski definition) is 2. The van der Waals surface area contributed by atoms with Gasteiger partial charge in [0.1, 0.15) is 0 Å². The Morgan fingerprint density at radius 2 is 1.72 bits per heavy atom. The van der Waals surface area contributed by atoms with Gasteiger partial charge in [0.05, 0.1) is 21.3 Å². The van der Waals surface area contributed by atoms with Gasteiger partial charge in [-0.25, -0.2) is 4.79 Å². The predicted molar refractivity (Wildman–Crippen MR) is 67.4 cm³/mol. The maximum Gasteiger partial charge on any atom is 0.312 e. The molecule has 3 N–H and O–H groups in total. The number of amides is 2. The zero-order valence-electron chi connectivity index (χ0n) is 10.8. The Morgan fingerprint density at radius 1 is 1.17 bits per heavy atom. The van der Waals surface area contributed by atoms with Crippen LogP contribution >= 0.6 is 0 Å². The summed E-state index contributed by atoms with van der Waals surface area (Å²) in [6.07, 6.45) is 0.625. The van der Waals surface area contributed by atoms with Crippen LogP contribution in [0.1, 0.15) is 5.56 Å². The number of carbonyl (C=O) groups excluding carboxylic acids is 1. The molecule has 0 heterocycles. The second-order valence-electron chi connectivity index (χ2n) is 3.57. The van der Waals surface area contributed by atoms with E-state index in [1.165, 1.54) is 0 Å². The molecule has 0 aromatic heterocycles. The van der Waals surface area contributed by atoms with Crippen molar-refractivity contribution in [3.63, 3.8) is 0 Å². The molecule has 100 valence electrons. The molecule has 0 aliphatic heterocycles. The number of carbonyl (C=O) groups is 1. The molecule has 0 aliphatic carbocycles. The Balaban J connectivity index is 2.89. The summed E-state index contributed by atoms with van der Waals surface area (Å²) in [6.45, 7) is 0.452. The number of primary amides is 1. The standard InChI is InChI=1S/C12H18N2O4/c1-16-9-6-8(4-5-14-12(13)15)7-10(17-2)11(9)18-3/h6-7H,4-5H2,1-3H3,(H3,13,14,15). The Kier molecular flexibility index (Phi) is 5.10. The summed E-state index contributed by atoms with van der Waals surface area (Å²) in [5.41, 5.74) is 5.95.